The van der Waals surface area contributed by atoms with Gasteiger partial charge < -0.3 is 4.90 Å². The molecule has 0 radical (unpaired) electrons. The Morgan fingerprint density at radius 1 is 1.14 bits per heavy atom. The van der Waals surface area contributed by atoms with Gasteiger partial charge in [-0.1, -0.05) is 30.2 Å². The fourth-order valence-electron chi connectivity index (χ4n) is 3.75. The molecule has 0 fully saturated rings. The Hall–Kier alpha value is -0.600. The molecule has 2 rings (SSSR count). The molecule has 0 spiro atoms. The van der Waals surface area contributed by atoms with Crippen LogP contribution in [0.15, 0.2) is 23.3 Å². The van der Waals surface area contributed by atoms with E-state index < -0.39 is 0 Å². The van der Waals surface area contributed by atoms with Gasteiger partial charge in [0.05, 0.1) is 0 Å². The second-order valence-electron chi connectivity index (χ2n) is 7.98. The summed E-state index contributed by atoms with van der Waals surface area (Å²) in [5.41, 5.74) is 3.30. The highest BCUT2D eigenvalue weighted by atomic mass is 15.2. The summed E-state index contributed by atoms with van der Waals surface area (Å²) in [4.78, 5) is 5.04. The van der Waals surface area contributed by atoms with Gasteiger partial charge in [-0.05, 0) is 71.4 Å². The number of rotatable bonds is 7. The molecule has 0 saturated heterocycles. The van der Waals surface area contributed by atoms with Gasteiger partial charge in [-0.2, -0.15) is 0 Å². The minimum Gasteiger partial charge on any atom is -0.308 e. The van der Waals surface area contributed by atoms with Crippen molar-refractivity contribution < 1.29 is 0 Å². The lowest BCUT2D eigenvalue weighted by atomic mass is 9.88. The fraction of sp³-hybridized carbons (Fsp3) is 0.800. The molecule has 0 heterocycles. The normalized spacial score (nSPS) is 26.3. The minimum absolute atomic E-state index is 0.871. The second kappa shape index (κ2) is 8.88. The van der Waals surface area contributed by atoms with Crippen LogP contribution in [0.4, 0.5) is 0 Å². The van der Waals surface area contributed by atoms with Crippen molar-refractivity contribution in [2.24, 2.45) is 11.8 Å². The molecule has 2 aliphatic carbocycles. The Balaban J connectivity index is 1.89. The second-order valence-corrected chi connectivity index (χ2v) is 7.98. The van der Waals surface area contributed by atoms with E-state index in [0.29, 0.717) is 0 Å². The van der Waals surface area contributed by atoms with Gasteiger partial charge in [0.2, 0.25) is 0 Å². The number of hydrogen-bond donors (Lipinski definition) is 0. The summed E-state index contributed by atoms with van der Waals surface area (Å²) in [6.07, 6.45) is 13.0. The van der Waals surface area contributed by atoms with Crippen LogP contribution in [0, 0.1) is 11.8 Å². The first-order chi connectivity index (χ1) is 10.5. The first kappa shape index (κ1) is 17.7. The van der Waals surface area contributed by atoms with E-state index >= 15 is 0 Å². The largest absolute Gasteiger partial charge is 0.308 e. The average molecular weight is 305 g/mol. The molecule has 22 heavy (non-hydrogen) atoms. The third-order valence-corrected chi connectivity index (χ3v) is 5.25. The Morgan fingerprint density at radius 2 is 1.95 bits per heavy atom. The van der Waals surface area contributed by atoms with E-state index in [2.05, 4.69) is 49.9 Å². The lowest BCUT2D eigenvalue weighted by Gasteiger charge is -2.32. The zero-order valence-corrected chi connectivity index (χ0v) is 15.3. The first-order valence-electron chi connectivity index (χ1n) is 9.23. The molecular formula is C20H36N2. The van der Waals surface area contributed by atoms with E-state index in [1.54, 1.807) is 11.1 Å². The van der Waals surface area contributed by atoms with Crippen LogP contribution in [-0.2, 0) is 0 Å². The summed E-state index contributed by atoms with van der Waals surface area (Å²) in [7, 11) is 4.38. The number of nitrogens with zero attached hydrogens (tertiary/aromatic N) is 2. The standard InChI is InChI=1S/C20H36N2/c1-17-8-10-19(11-9-17)15-22(13-12-21(3)4)16-20-7-5-6-18(2)14-20/h6,10,17,20H,5,7-9,11-16H2,1-4H3. The summed E-state index contributed by atoms with van der Waals surface area (Å²) >= 11 is 0. The zero-order valence-electron chi connectivity index (χ0n) is 15.3. The molecule has 2 atom stereocenters. The van der Waals surface area contributed by atoms with Gasteiger partial charge in [-0.25, -0.2) is 0 Å². The van der Waals surface area contributed by atoms with Crippen LogP contribution in [-0.4, -0.2) is 50.1 Å². The van der Waals surface area contributed by atoms with Crippen LogP contribution in [0.3, 0.4) is 0 Å². The molecule has 0 aromatic carbocycles. The molecule has 0 aliphatic heterocycles. The van der Waals surface area contributed by atoms with Crippen LogP contribution in [0.5, 0.6) is 0 Å². The monoisotopic (exact) mass is 304 g/mol. The smallest absolute Gasteiger partial charge is 0.0193 e. The van der Waals surface area contributed by atoms with E-state index in [4.69, 9.17) is 0 Å². The van der Waals surface area contributed by atoms with Gasteiger partial charge in [0.1, 0.15) is 0 Å². The molecule has 126 valence electrons. The van der Waals surface area contributed by atoms with Crippen LogP contribution < -0.4 is 0 Å². The van der Waals surface area contributed by atoms with Gasteiger partial charge in [-0.3, -0.25) is 4.90 Å². The molecule has 2 unspecified atom stereocenters. The maximum Gasteiger partial charge on any atom is 0.0193 e. The summed E-state index contributed by atoms with van der Waals surface area (Å²) in [5, 5.41) is 0. The van der Waals surface area contributed by atoms with Crippen LogP contribution in [0.25, 0.3) is 0 Å². The maximum absolute atomic E-state index is 2.73. The lowest BCUT2D eigenvalue weighted by molar-refractivity contribution is 0.211. The molecule has 2 aliphatic rings. The third kappa shape index (κ3) is 6.26. The molecule has 2 heteroatoms. The van der Waals surface area contributed by atoms with E-state index in [1.165, 1.54) is 64.7 Å². The Labute approximate surface area is 138 Å². The van der Waals surface area contributed by atoms with Gasteiger partial charge >= 0.3 is 0 Å². The third-order valence-electron chi connectivity index (χ3n) is 5.25. The molecular weight excluding hydrogens is 268 g/mol. The van der Waals surface area contributed by atoms with Crippen molar-refractivity contribution in [2.45, 2.75) is 52.4 Å². The Morgan fingerprint density at radius 3 is 2.59 bits per heavy atom. The maximum atomic E-state index is 2.73. The van der Waals surface area contributed by atoms with Gasteiger partial charge in [-0.15, -0.1) is 0 Å². The Kier molecular flexibility index (Phi) is 7.17. The van der Waals surface area contributed by atoms with Gasteiger partial charge in [0.15, 0.2) is 0 Å². The molecule has 0 bridgehead atoms. The number of allylic oxidation sites excluding steroid dienone is 3. The van der Waals surface area contributed by atoms with Crippen molar-refractivity contribution in [3.63, 3.8) is 0 Å². The van der Waals surface area contributed by atoms with Crippen molar-refractivity contribution in [3.8, 4) is 0 Å². The summed E-state index contributed by atoms with van der Waals surface area (Å²) in [5.74, 6) is 1.76. The SMILES string of the molecule is CC1=CCCC(CN(CCN(C)C)CC2=CCC(C)CC2)C1. The quantitative estimate of drug-likeness (QED) is 0.645. The van der Waals surface area contributed by atoms with Crippen molar-refractivity contribution in [3.05, 3.63) is 23.3 Å². The van der Waals surface area contributed by atoms with Crippen LogP contribution in [0.1, 0.15) is 52.4 Å². The predicted octanol–water partition coefficient (Wildman–Crippen LogP) is 4.34. The number of likely N-dealkylation sites (N-methyl/N-ethyl adjacent to an activating group) is 1. The highest BCUT2D eigenvalue weighted by Gasteiger charge is 2.19. The van der Waals surface area contributed by atoms with E-state index in [1.807, 2.05) is 0 Å². The highest BCUT2D eigenvalue weighted by Crippen LogP contribution is 2.27. The van der Waals surface area contributed by atoms with Crippen molar-refractivity contribution in [2.75, 3.05) is 40.3 Å². The van der Waals surface area contributed by atoms with E-state index in [9.17, 15) is 0 Å². The van der Waals surface area contributed by atoms with Crippen LogP contribution in [0.2, 0.25) is 0 Å². The van der Waals surface area contributed by atoms with E-state index in [-0.39, 0.29) is 0 Å². The summed E-state index contributed by atoms with van der Waals surface area (Å²) in [6.45, 7) is 9.56. The predicted molar refractivity (Wildman–Crippen MR) is 97.2 cm³/mol. The average Bonchev–Trinajstić information content (AvgIpc) is 2.47. The summed E-state index contributed by atoms with van der Waals surface area (Å²) in [6, 6.07) is 0. The topological polar surface area (TPSA) is 6.48 Å². The molecule has 0 aromatic heterocycles. The molecule has 0 aromatic rings. The van der Waals surface area contributed by atoms with Crippen molar-refractivity contribution in [1.29, 1.82) is 0 Å². The minimum atomic E-state index is 0.871. The summed E-state index contributed by atoms with van der Waals surface area (Å²) < 4.78 is 0. The zero-order chi connectivity index (χ0) is 15.9. The number of hydrogen-bond acceptors (Lipinski definition) is 2. The molecule has 0 saturated carbocycles. The molecule has 0 N–H and O–H groups in total. The molecule has 0 amide bonds. The van der Waals surface area contributed by atoms with Gasteiger partial charge in [0.25, 0.3) is 0 Å². The van der Waals surface area contributed by atoms with Gasteiger partial charge in [0, 0.05) is 26.2 Å². The van der Waals surface area contributed by atoms with Crippen molar-refractivity contribution >= 4 is 0 Å². The lowest BCUT2D eigenvalue weighted by Crippen LogP contribution is -2.37. The highest BCUT2D eigenvalue weighted by molar-refractivity contribution is 5.09. The fourth-order valence-corrected chi connectivity index (χ4v) is 3.75. The van der Waals surface area contributed by atoms with E-state index in [0.717, 1.165) is 11.8 Å². The van der Waals surface area contributed by atoms with Crippen molar-refractivity contribution in [1.82, 2.24) is 9.80 Å². The first-order valence-corrected chi connectivity index (χ1v) is 9.23. The Bertz CT molecular complexity index is 395. The molecule has 2 nitrogen and oxygen atoms in total. The van der Waals surface area contributed by atoms with Crippen LogP contribution >= 0.6 is 0 Å².